The van der Waals surface area contributed by atoms with Gasteiger partial charge in [-0.2, -0.15) is 15.0 Å². The Morgan fingerprint density at radius 1 is 1.11 bits per heavy atom. The van der Waals surface area contributed by atoms with Crippen molar-refractivity contribution in [1.29, 1.82) is 0 Å². The Kier molecular flexibility index (Phi) is 4.52. The molecule has 108 valence electrons. The molecule has 0 atom stereocenters. The third-order valence-electron chi connectivity index (χ3n) is 3.07. The lowest BCUT2D eigenvalue weighted by molar-refractivity contribution is 0.0236. The number of hydrogen-bond donors (Lipinski definition) is 3. The van der Waals surface area contributed by atoms with E-state index in [1.54, 1.807) is 20.9 Å². The van der Waals surface area contributed by atoms with Crippen LogP contribution in [0.25, 0.3) is 0 Å². The van der Waals surface area contributed by atoms with Crippen molar-refractivity contribution >= 4 is 11.9 Å². The maximum Gasteiger partial charge on any atom is 0.323 e. The van der Waals surface area contributed by atoms with Gasteiger partial charge in [0.15, 0.2) is 0 Å². The fourth-order valence-electron chi connectivity index (χ4n) is 1.15. The van der Waals surface area contributed by atoms with Gasteiger partial charge in [-0.25, -0.2) is 0 Å². The summed E-state index contributed by atoms with van der Waals surface area (Å²) in [5.41, 5.74) is -1.55. The monoisotopic (exact) mass is 269 g/mol. The van der Waals surface area contributed by atoms with Crippen LogP contribution in [0.4, 0.5) is 11.9 Å². The fourth-order valence-corrected chi connectivity index (χ4v) is 1.15. The maximum absolute atomic E-state index is 10.1. The van der Waals surface area contributed by atoms with Gasteiger partial charge in [-0.1, -0.05) is 0 Å². The van der Waals surface area contributed by atoms with Crippen molar-refractivity contribution < 1.29 is 9.84 Å². The van der Waals surface area contributed by atoms with Crippen LogP contribution in [0.3, 0.4) is 0 Å². The summed E-state index contributed by atoms with van der Waals surface area (Å²) in [6.45, 7) is 9.53. The van der Waals surface area contributed by atoms with E-state index in [1.807, 2.05) is 20.8 Å². The van der Waals surface area contributed by atoms with Gasteiger partial charge in [0.05, 0.1) is 17.7 Å². The van der Waals surface area contributed by atoms with E-state index in [9.17, 15) is 5.11 Å². The largest absolute Gasteiger partial charge is 0.464 e. The summed E-state index contributed by atoms with van der Waals surface area (Å²) >= 11 is 0. The van der Waals surface area contributed by atoms with Crippen LogP contribution in [0.1, 0.15) is 34.6 Å². The van der Waals surface area contributed by atoms with Crippen molar-refractivity contribution in [2.45, 2.75) is 45.8 Å². The highest BCUT2D eigenvalue weighted by molar-refractivity contribution is 5.38. The van der Waals surface area contributed by atoms with Gasteiger partial charge >= 0.3 is 6.01 Å². The summed E-state index contributed by atoms with van der Waals surface area (Å²) in [5, 5.41) is 16.1. The van der Waals surface area contributed by atoms with E-state index in [0.29, 0.717) is 18.5 Å². The SMILES string of the molecule is CCOc1nc(NC)nc(NC(C)(C)C(C)(C)O)n1. The quantitative estimate of drug-likeness (QED) is 0.716. The molecule has 0 radical (unpaired) electrons. The van der Waals surface area contributed by atoms with E-state index < -0.39 is 11.1 Å². The number of rotatable bonds is 6. The van der Waals surface area contributed by atoms with Gasteiger partial charge in [-0.05, 0) is 34.6 Å². The van der Waals surface area contributed by atoms with E-state index in [-0.39, 0.29) is 6.01 Å². The molecule has 0 amide bonds. The summed E-state index contributed by atoms with van der Waals surface area (Å²) in [6.07, 6.45) is 0. The number of aromatic nitrogens is 3. The molecule has 0 aliphatic heterocycles. The van der Waals surface area contributed by atoms with Crippen molar-refractivity contribution in [2.24, 2.45) is 0 Å². The molecule has 0 bridgehead atoms. The van der Waals surface area contributed by atoms with Crippen molar-refractivity contribution in [3.05, 3.63) is 0 Å². The fraction of sp³-hybridized carbons (Fsp3) is 0.750. The predicted molar refractivity (Wildman–Crippen MR) is 74.5 cm³/mol. The van der Waals surface area contributed by atoms with Gasteiger partial charge in [-0.3, -0.25) is 0 Å². The van der Waals surface area contributed by atoms with Crippen LogP contribution in [0.5, 0.6) is 6.01 Å². The number of anilines is 2. The van der Waals surface area contributed by atoms with E-state index in [2.05, 4.69) is 25.6 Å². The Bertz CT molecular complexity index is 429. The molecule has 0 aliphatic rings. The molecular formula is C12H23N5O2. The second kappa shape index (κ2) is 5.56. The highest BCUT2D eigenvalue weighted by Crippen LogP contribution is 2.25. The zero-order valence-corrected chi connectivity index (χ0v) is 12.4. The first-order valence-corrected chi connectivity index (χ1v) is 6.27. The van der Waals surface area contributed by atoms with Crippen molar-refractivity contribution in [1.82, 2.24) is 15.0 Å². The van der Waals surface area contributed by atoms with Crippen molar-refractivity contribution in [2.75, 3.05) is 24.3 Å². The number of hydrogen-bond acceptors (Lipinski definition) is 7. The van der Waals surface area contributed by atoms with Crippen LogP contribution in [0.15, 0.2) is 0 Å². The van der Waals surface area contributed by atoms with Gasteiger partial charge in [0.2, 0.25) is 11.9 Å². The summed E-state index contributed by atoms with van der Waals surface area (Å²) in [5.74, 6) is 0.766. The minimum Gasteiger partial charge on any atom is -0.464 e. The standard InChI is InChI=1S/C12H23N5O2/c1-7-19-10-15-8(13-6)14-9(16-10)17-11(2,3)12(4,5)18/h18H,7H2,1-6H3,(H2,13,14,15,16,17). The summed E-state index contributed by atoms with van der Waals surface area (Å²) < 4.78 is 5.28. The van der Waals surface area contributed by atoms with Gasteiger partial charge < -0.3 is 20.5 Å². The first-order valence-electron chi connectivity index (χ1n) is 6.27. The summed E-state index contributed by atoms with van der Waals surface area (Å²) in [4.78, 5) is 12.4. The molecule has 3 N–H and O–H groups in total. The molecule has 0 unspecified atom stereocenters. The van der Waals surface area contributed by atoms with E-state index in [1.165, 1.54) is 0 Å². The van der Waals surface area contributed by atoms with Gasteiger partial charge in [-0.15, -0.1) is 0 Å². The third-order valence-corrected chi connectivity index (χ3v) is 3.07. The van der Waals surface area contributed by atoms with Crippen LogP contribution in [-0.4, -0.2) is 44.9 Å². The number of aliphatic hydroxyl groups is 1. The lowest BCUT2D eigenvalue weighted by Gasteiger charge is -2.37. The molecule has 0 saturated carbocycles. The van der Waals surface area contributed by atoms with Gasteiger partial charge in [0.25, 0.3) is 0 Å². The number of nitrogens with zero attached hydrogens (tertiary/aromatic N) is 3. The van der Waals surface area contributed by atoms with E-state index in [0.717, 1.165) is 0 Å². The Morgan fingerprint density at radius 2 is 1.68 bits per heavy atom. The second-order valence-electron chi connectivity index (χ2n) is 5.26. The molecular weight excluding hydrogens is 246 g/mol. The number of nitrogens with one attached hydrogen (secondary N) is 2. The number of ether oxygens (including phenoxy) is 1. The molecule has 0 spiro atoms. The molecule has 0 fully saturated rings. The predicted octanol–water partition coefficient (Wildman–Crippen LogP) is 1.27. The minimum absolute atomic E-state index is 0.246. The van der Waals surface area contributed by atoms with Crippen LogP contribution >= 0.6 is 0 Å². The molecule has 1 aromatic rings. The minimum atomic E-state index is -0.939. The van der Waals surface area contributed by atoms with Crippen molar-refractivity contribution in [3.63, 3.8) is 0 Å². The van der Waals surface area contributed by atoms with Crippen LogP contribution in [-0.2, 0) is 0 Å². The Hall–Kier alpha value is -1.63. The van der Waals surface area contributed by atoms with Gasteiger partial charge in [0.1, 0.15) is 0 Å². The highest BCUT2D eigenvalue weighted by atomic mass is 16.5. The normalized spacial score (nSPS) is 12.2. The Labute approximate surface area is 113 Å². The second-order valence-corrected chi connectivity index (χ2v) is 5.26. The summed E-state index contributed by atoms with van der Waals surface area (Å²) in [7, 11) is 1.72. The summed E-state index contributed by atoms with van der Waals surface area (Å²) in [6, 6.07) is 0.246. The zero-order chi connectivity index (χ0) is 14.7. The average molecular weight is 269 g/mol. The third kappa shape index (κ3) is 3.92. The molecule has 0 saturated heterocycles. The van der Waals surface area contributed by atoms with Crippen LogP contribution < -0.4 is 15.4 Å². The van der Waals surface area contributed by atoms with Gasteiger partial charge in [0, 0.05) is 7.05 Å². The Balaban J connectivity index is 3.03. The molecule has 7 nitrogen and oxygen atoms in total. The first-order chi connectivity index (χ1) is 8.69. The molecule has 19 heavy (non-hydrogen) atoms. The smallest absolute Gasteiger partial charge is 0.323 e. The Morgan fingerprint density at radius 3 is 2.16 bits per heavy atom. The molecule has 0 aliphatic carbocycles. The van der Waals surface area contributed by atoms with E-state index in [4.69, 9.17) is 4.74 Å². The molecule has 1 rings (SSSR count). The zero-order valence-electron chi connectivity index (χ0n) is 12.4. The van der Waals surface area contributed by atoms with E-state index >= 15 is 0 Å². The lowest BCUT2D eigenvalue weighted by Crippen LogP contribution is -2.51. The molecule has 1 aromatic heterocycles. The molecule has 7 heteroatoms. The molecule has 1 heterocycles. The first kappa shape index (κ1) is 15.4. The van der Waals surface area contributed by atoms with Crippen LogP contribution in [0, 0.1) is 0 Å². The molecule has 0 aromatic carbocycles. The average Bonchev–Trinajstić information content (AvgIpc) is 2.26. The maximum atomic E-state index is 10.1. The lowest BCUT2D eigenvalue weighted by atomic mass is 9.86. The van der Waals surface area contributed by atoms with Crippen LogP contribution in [0.2, 0.25) is 0 Å². The topological polar surface area (TPSA) is 92.2 Å². The van der Waals surface area contributed by atoms with Crippen molar-refractivity contribution in [3.8, 4) is 6.01 Å². The highest BCUT2D eigenvalue weighted by Gasteiger charge is 2.35.